The van der Waals surface area contributed by atoms with E-state index in [-0.39, 0.29) is 16.5 Å². The highest BCUT2D eigenvalue weighted by atomic mass is 35.5. The van der Waals surface area contributed by atoms with Gasteiger partial charge in [-0.15, -0.1) is 10.2 Å². The van der Waals surface area contributed by atoms with Gasteiger partial charge in [-0.2, -0.15) is 0 Å². The molecule has 104 valence electrons. The van der Waals surface area contributed by atoms with Crippen LogP contribution in [-0.2, 0) is 0 Å². The molecule has 3 rings (SSSR count). The smallest absolute Gasteiger partial charge is 0.161 e. The number of fused-ring (bicyclic) bond motifs is 1. The van der Waals surface area contributed by atoms with Crippen LogP contribution in [0.4, 0.5) is 11.4 Å². The number of azo groups is 1. The van der Waals surface area contributed by atoms with Crippen molar-refractivity contribution in [2.24, 2.45) is 10.2 Å². The number of hydrogen-bond donors (Lipinski definition) is 1. The Balaban J connectivity index is 2.06. The molecule has 0 aliphatic carbocycles. The molecule has 21 heavy (non-hydrogen) atoms. The number of phenolic OH excluding ortho intramolecular Hbond substituents is 1. The third-order valence-electron chi connectivity index (χ3n) is 3.04. The molecule has 0 aromatic heterocycles. The molecular formula is C16H10Cl2N2O. The molecule has 1 N–H and O–H groups in total. The van der Waals surface area contributed by atoms with Crippen molar-refractivity contribution in [3.63, 3.8) is 0 Å². The molecule has 3 nitrogen and oxygen atoms in total. The number of hydrogen-bond acceptors (Lipinski definition) is 3. The van der Waals surface area contributed by atoms with E-state index in [1.807, 2.05) is 42.5 Å². The van der Waals surface area contributed by atoms with Crippen molar-refractivity contribution in [1.82, 2.24) is 0 Å². The maximum absolute atomic E-state index is 9.87. The predicted octanol–water partition coefficient (Wildman–Crippen LogP) is 6.27. The van der Waals surface area contributed by atoms with Crippen LogP contribution in [0.25, 0.3) is 10.8 Å². The Morgan fingerprint density at radius 1 is 0.810 bits per heavy atom. The van der Waals surface area contributed by atoms with Crippen molar-refractivity contribution in [1.29, 1.82) is 0 Å². The van der Waals surface area contributed by atoms with Crippen molar-refractivity contribution in [3.8, 4) is 5.75 Å². The molecule has 3 aromatic carbocycles. The molecule has 0 saturated heterocycles. The number of halogens is 2. The number of rotatable bonds is 2. The van der Waals surface area contributed by atoms with Crippen LogP contribution in [0.15, 0.2) is 64.8 Å². The van der Waals surface area contributed by atoms with Gasteiger partial charge in [0.2, 0.25) is 0 Å². The SMILES string of the molecule is Oc1c(Cl)cc(Cl)cc1N=Nc1cccc2ccccc12. The highest BCUT2D eigenvalue weighted by Gasteiger charge is 2.07. The Hall–Kier alpha value is -2.10. The first-order valence-corrected chi connectivity index (χ1v) is 6.98. The lowest BCUT2D eigenvalue weighted by Crippen LogP contribution is -1.74. The molecule has 0 heterocycles. The van der Waals surface area contributed by atoms with Crippen LogP contribution in [0.3, 0.4) is 0 Å². The minimum atomic E-state index is -0.134. The normalized spacial score (nSPS) is 11.3. The van der Waals surface area contributed by atoms with E-state index < -0.39 is 0 Å². The van der Waals surface area contributed by atoms with E-state index in [1.165, 1.54) is 12.1 Å². The molecule has 0 unspecified atom stereocenters. The van der Waals surface area contributed by atoms with E-state index in [4.69, 9.17) is 23.2 Å². The van der Waals surface area contributed by atoms with Gasteiger partial charge in [-0.1, -0.05) is 59.6 Å². The summed E-state index contributed by atoms with van der Waals surface area (Å²) in [7, 11) is 0. The Morgan fingerprint density at radius 3 is 2.38 bits per heavy atom. The second-order valence-corrected chi connectivity index (χ2v) is 5.30. The minimum absolute atomic E-state index is 0.134. The van der Waals surface area contributed by atoms with E-state index in [1.54, 1.807) is 0 Å². The van der Waals surface area contributed by atoms with Gasteiger partial charge in [0.1, 0.15) is 5.69 Å². The molecule has 0 amide bonds. The van der Waals surface area contributed by atoms with Crippen LogP contribution in [0.5, 0.6) is 5.75 Å². The van der Waals surface area contributed by atoms with Gasteiger partial charge < -0.3 is 5.11 Å². The Kier molecular flexibility index (Phi) is 3.78. The first-order chi connectivity index (χ1) is 10.1. The third kappa shape index (κ3) is 2.84. The zero-order chi connectivity index (χ0) is 14.8. The van der Waals surface area contributed by atoms with Crippen molar-refractivity contribution in [3.05, 3.63) is 64.6 Å². The van der Waals surface area contributed by atoms with Crippen molar-refractivity contribution in [2.45, 2.75) is 0 Å². The van der Waals surface area contributed by atoms with Gasteiger partial charge in [0, 0.05) is 10.4 Å². The van der Waals surface area contributed by atoms with Crippen molar-refractivity contribution >= 4 is 45.3 Å². The third-order valence-corrected chi connectivity index (χ3v) is 3.55. The van der Waals surface area contributed by atoms with Gasteiger partial charge in [-0.05, 0) is 23.6 Å². The fraction of sp³-hybridized carbons (Fsp3) is 0. The quantitative estimate of drug-likeness (QED) is 0.556. The lowest BCUT2D eigenvalue weighted by atomic mass is 10.1. The molecule has 3 aromatic rings. The fourth-order valence-electron chi connectivity index (χ4n) is 2.03. The Morgan fingerprint density at radius 2 is 1.52 bits per heavy atom. The number of benzene rings is 3. The van der Waals surface area contributed by atoms with Gasteiger partial charge in [0.05, 0.1) is 10.7 Å². The molecule has 0 radical (unpaired) electrons. The first kappa shape index (κ1) is 13.9. The largest absolute Gasteiger partial charge is 0.504 e. The second-order valence-electron chi connectivity index (χ2n) is 4.45. The maximum Gasteiger partial charge on any atom is 0.161 e. The van der Waals surface area contributed by atoms with E-state index >= 15 is 0 Å². The molecule has 0 bridgehead atoms. The lowest BCUT2D eigenvalue weighted by molar-refractivity contribution is 0.476. The highest BCUT2D eigenvalue weighted by molar-refractivity contribution is 6.36. The van der Waals surface area contributed by atoms with Crippen LogP contribution in [-0.4, -0.2) is 5.11 Å². The number of aromatic hydroxyl groups is 1. The van der Waals surface area contributed by atoms with Crippen LogP contribution in [0.2, 0.25) is 10.0 Å². The average molecular weight is 317 g/mol. The van der Waals surface area contributed by atoms with E-state index in [0.717, 1.165) is 10.8 Å². The Bertz CT molecular complexity index is 842. The summed E-state index contributed by atoms with van der Waals surface area (Å²) in [5.74, 6) is -0.134. The number of nitrogens with zero attached hydrogens (tertiary/aromatic N) is 2. The summed E-state index contributed by atoms with van der Waals surface area (Å²) in [5.41, 5.74) is 0.948. The van der Waals surface area contributed by atoms with Gasteiger partial charge >= 0.3 is 0 Å². The maximum atomic E-state index is 9.87. The van der Waals surface area contributed by atoms with Gasteiger partial charge in [-0.25, -0.2) is 0 Å². The van der Waals surface area contributed by atoms with E-state index in [2.05, 4.69) is 10.2 Å². The molecular weight excluding hydrogens is 307 g/mol. The summed E-state index contributed by atoms with van der Waals surface area (Å²) in [4.78, 5) is 0. The molecule has 0 atom stereocenters. The molecule has 5 heteroatoms. The van der Waals surface area contributed by atoms with Gasteiger partial charge in [0.25, 0.3) is 0 Å². The first-order valence-electron chi connectivity index (χ1n) is 6.22. The van der Waals surface area contributed by atoms with Crippen LogP contribution in [0.1, 0.15) is 0 Å². The molecule has 0 aliphatic rings. The van der Waals surface area contributed by atoms with Gasteiger partial charge in [0.15, 0.2) is 5.75 Å². The zero-order valence-electron chi connectivity index (χ0n) is 10.8. The van der Waals surface area contributed by atoms with Crippen LogP contribution >= 0.6 is 23.2 Å². The van der Waals surface area contributed by atoms with E-state index in [9.17, 15) is 5.11 Å². The summed E-state index contributed by atoms with van der Waals surface area (Å²) < 4.78 is 0. The summed E-state index contributed by atoms with van der Waals surface area (Å²) >= 11 is 11.8. The monoisotopic (exact) mass is 316 g/mol. The molecule has 0 saturated carbocycles. The average Bonchev–Trinajstić information content (AvgIpc) is 2.49. The van der Waals surface area contributed by atoms with Crippen molar-refractivity contribution < 1.29 is 5.11 Å². The van der Waals surface area contributed by atoms with Crippen LogP contribution < -0.4 is 0 Å². The lowest BCUT2D eigenvalue weighted by Gasteiger charge is -2.03. The predicted molar refractivity (Wildman–Crippen MR) is 86.3 cm³/mol. The minimum Gasteiger partial charge on any atom is -0.504 e. The standard InChI is InChI=1S/C16H10Cl2N2O/c17-11-8-13(18)16(21)15(9-11)20-19-14-7-3-5-10-4-1-2-6-12(10)14/h1-9,21H. The topological polar surface area (TPSA) is 45.0 Å². The fourth-order valence-corrected chi connectivity index (χ4v) is 2.51. The van der Waals surface area contributed by atoms with E-state index in [0.29, 0.717) is 10.7 Å². The number of phenols is 1. The summed E-state index contributed by atoms with van der Waals surface area (Å²) in [6.45, 7) is 0. The van der Waals surface area contributed by atoms with Crippen molar-refractivity contribution in [2.75, 3.05) is 0 Å². The molecule has 0 fully saturated rings. The summed E-state index contributed by atoms with van der Waals surface area (Å²) in [5, 5.41) is 20.7. The Labute approximate surface area is 131 Å². The highest BCUT2D eigenvalue weighted by Crippen LogP contribution is 2.38. The second kappa shape index (κ2) is 5.72. The molecule has 0 spiro atoms. The summed E-state index contributed by atoms with van der Waals surface area (Å²) in [6, 6.07) is 16.6. The molecule has 0 aliphatic heterocycles. The van der Waals surface area contributed by atoms with Gasteiger partial charge in [-0.3, -0.25) is 0 Å². The van der Waals surface area contributed by atoms with Crippen LogP contribution in [0, 0.1) is 0 Å². The summed E-state index contributed by atoms with van der Waals surface area (Å²) in [6.07, 6.45) is 0. The zero-order valence-corrected chi connectivity index (χ0v) is 12.3.